The molecule has 5 heteroatoms. The Morgan fingerprint density at radius 2 is 2.00 bits per heavy atom. The molecule has 1 aliphatic carbocycles. The molecule has 2 aliphatic rings. The van der Waals surface area contributed by atoms with Gasteiger partial charge in [-0.3, -0.25) is 0 Å². The highest BCUT2D eigenvalue weighted by atomic mass is 19.3. The summed E-state index contributed by atoms with van der Waals surface area (Å²) in [5.41, 5.74) is -0.670. The first-order valence-corrected chi connectivity index (χ1v) is 4.42. The summed E-state index contributed by atoms with van der Waals surface area (Å²) in [6, 6.07) is 0. The standard InChI is InChI=1S/C8H12F3NO/c9-4-3-12-8(1-2-8)5(6(4)13)7(10)11/h4-7,12-13H,1-3H2/t4-,5+,6+/m1/s1. The van der Waals surface area contributed by atoms with Gasteiger partial charge in [0.15, 0.2) is 0 Å². The Labute approximate surface area is 74.1 Å². The normalized spacial score (nSPS) is 42.7. The first-order chi connectivity index (χ1) is 6.07. The van der Waals surface area contributed by atoms with E-state index in [0.717, 1.165) is 0 Å². The quantitative estimate of drug-likeness (QED) is 0.645. The predicted molar refractivity (Wildman–Crippen MR) is 40.4 cm³/mol. The highest BCUT2D eigenvalue weighted by Crippen LogP contribution is 2.49. The van der Waals surface area contributed by atoms with Gasteiger partial charge in [-0.05, 0) is 12.8 Å². The van der Waals surface area contributed by atoms with Crippen LogP contribution in [0.5, 0.6) is 0 Å². The molecule has 0 radical (unpaired) electrons. The molecular weight excluding hydrogens is 183 g/mol. The lowest BCUT2D eigenvalue weighted by molar-refractivity contribution is -0.0859. The van der Waals surface area contributed by atoms with Crippen LogP contribution in [0.1, 0.15) is 12.8 Å². The van der Waals surface area contributed by atoms with Gasteiger partial charge in [0, 0.05) is 12.1 Å². The van der Waals surface area contributed by atoms with Crippen molar-refractivity contribution in [3.63, 3.8) is 0 Å². The highest BCUT2D eigenvalue weighted by Gasteiger charge is 2.59. The van der Waals surface area contributed by atoms with Crippen LogP contribution >= 0.6 is 0 Å². The number of alkyl halides is 3. The fourth-order valence-corrected chi connectivity index (χ4v) is 2.13. The second-order valence-electron chi connectivity index (χ2n) is 3.90. The van der Waals surface area contributed by atoms with Gasteiger partial charge in [0.25, 0.3) is 0 Å². The Morgan fingerprint density at radius 3 is 2.46 bits per heavy atom. The highest BCUT2D eigenvalue weighted by molar-refractivity contribution is 5.13. The number of aliphatic hydroxyl groups is 1. The van der Waals surface area contributed by atoms with Crippen LogP contribution in [0.3, 0.4) is 0 Å². The fourth-order valence-electron chi connectivity index (χ4n) is 2.13. The molecule has 2 fully saturated rings. The van der Waals surface area contributed by atoms with Crippen molar-refractivity contribution in [2.75, 3.05) is 6.54 Å². The van der Waals surface area contributed by atoms with Crippen LogP contribution in [0.15, 0.2) is 0 Å². The van der Waals surface area contributed by atoms with Crippen molar-refractivity contribution in [2.45, 2.75) is 37.1 Å². The number of hydrogen-bond acceptors (Lipinski definition) is 2. The molecule has 0 amide bonds. The van der Waals surface area contributed by atoms with Crippen molar-refractivity contribution in [1.29, 1.82) is 0 Å². The zero-order valence-electron chi connectivity index (χ0n) is 7.01. The molecule has 1 aliphatic heterocycles. The average molecular weight is 195 g/mol. The summed E-state index contributed by atoms with van der Waals surface area (Å²) in [5.74, 6) is -1.24. The van der Waals surface area contributed by atoms with Gasteiger partial charge in [-0.25, -0.2) is 13.2 Å². The van der Waals surface area contributed by atoms with Gasteiger partial charge in [-0.15, -0.1) is 0 Å². The summed E-state index contributed by atoms with van der Waals surface area (Å²) >= 11 is 0. The predicted octanol–water partition coefficient (Wildman–Crippen LogP) is 0.702. The van der Waals surface area contributed by atoms with E-state index in [1.54, 1.807) is 0 Å². The van der Waals surface area contributed by atoms with E-state index in [1.165, 1.54) is 0 Å². The van der Waals surface area contributed by atoms with Gasteiger partial charge in [0.1, 0.15) is 6.17 Å². The Bertz CT molecular complexity index is 208. The van der Waals surface area contributed by atoms with Gasteiger partial charge < -0.3 is 10.4 Å². The van der Waals surface area contributed by atoms with E-state index in [2.05, 4.69) is 5.32 Å². The van der Waals surface area contributed by atoms with E-state index in [-0.39, 0.29) is 6.54 Å². The molecule has 1 saturated carbocycles. The topological polar surface area (TPSA) is 32.3 Å². The van der Waals surface area contributed by atoms with Crippen LogP contribution < -0.4 is 5.32 Å². The molecular formula is C8H12F3NO. The van der Waals surface area contributed by atoms with Crippen LogP contribution in [0.4, 0.5) is 13.2 Å². The first kappa shape index (κ1) is 9.27. The van der Waals surface area contributed by atoms with Crippen LogP contribution in [0, 0.1) is 5.92 Å². The van der Waals surface area contributed by atoms with Crippen molar-refractivity contribution in [3.8, 4) is 0 Å². The van der Waals surface area contributed by atoms with Crippen LogP contribution in [-0.4, -0.2) is 35.9 Å². The Morgan fingerprint density at radius 1 is 1.38 bits per heavy atom. The van der Waals surface area contributed by atoms with Gasteiger partial charge in [0.05, 0.1) is 12.0 Å². The molecule has 13 heavy (non-hydrogen) atoms. The summed E-state index contributed by atoms with van der Waals surface area (Å²) in [5, 5.41) is 12.1. The molecule has 1 heterocycles. The smallest absolute Gasteiger partial charge is 0.245 e. The maximum atomic E-state index is 12.9. The van der Waals surface area contributed by atoms with Crippen molar-refractivity contribution < 1.29 is 18.3 Å². The molecule has 0 unspecified atom stereocenters. The summed E-state index contributed by atoms with van der Waals surface area (Å²) in [6.45, 7) is -0.00954. The SMILES string of the molecule is O[C@H]1[C@H](F)CNC2(CC2)[C@@H]1C(F)F. The average Bonchev–Trinajstić information content (AvgIpc) is 2.79. The lowest BCUT2D eigenvalue weighted by atomic mass is 9.85. The molecule has 0 aromatic carbocycles. The van der Waals surface area contributed by atoms with Crippen LogP contribution in [0.25, 0.3) is 0 Å². The summed E-state index contributed by atoms with van der Waals surface area (Å²) in [7, 11) is 0. The van der Waals surface area contributed by atoms with Gasteiger partial charge in [-0.2, -0.15) is 0 Å². The van der Waals surface area contributed by atoms with E-state index in [0.29, 0.717) is 12.8 Å². The molecule has 2 rings (SSSR count). The maximum absolute atomic E-state index is 12.9. The van der Waals surface area contributed by atoms with Gasteiger partial charge >= 0.3 is 0 Å². The molecule has 1 saturated heterocycles. The third-order valence-electron chi connectivity index (χ3n) is 3.09. The number of rotatable bonds is 1. The van der Waals surface area contributed by atoms with Gasteiger partial charge in [-0.1, -0.05) is 0 Å². The second-order valence-corrected chi connectivity index (χ2v) is 3.90. The molecule has 0 bridgehead atoms. The third-order valence-corrected chi connectivity index (χ3v) is 3.09. The Kier molecular flexibility index (Phi) is 2.03. The summed E-state index contributed by atoms with van der Waals surface area (Å²) in [6.07, 6.45) is -4.49. The van der Waals surface area contributed by atoms with Crippen molar-refractivity contribution in [2.24, 2.45) is 5.92 Å². The number of nitrogens with one attached hydrogen (secondary N) is 1. The monoisotopic (exact) mass is 195 g/mol. The molecule has 2 nitrogen and oxygen atoms in total. The van der Waals surface area contributed by atoms with Crippen molar-refractivity contribution in [3.05, 3.63) is 0 Å². The Hall–Kier alpha value is -0.290. The lowest BCUT2D eigenvalue weighted by Crippen LogP contribution is -2.59. The molecule has 76 valence electrons. The molecule has 3 atom stereocenters. The fraction of sp³-hybridized carbons (Fsp3) is 1.00. The first-order valence-electron chi connectivity index (χ1n) is 4.42. The van der Waals surface area contributed by atoms with Crippen LogP contribution in [-0.2, 0) is 0 Å². The third kappa shape index (κ3) is 1.34. The zero-order valence-corrected chi connectivity index (χ0v) is 7.01. The van der Waals surface area contributed by atoms with E-state index in [1.807, 2.05) is 0 Å². The summed E-state index contributed by atoms with van der Waals surface area (Å²) in [4.78, 5) is 0. The minimum absolute atomic E-state index is 0.00954. The van der Waals surface area contributed by atoms with Gasteiger partial charge in [0.2, 0.25) is 6.43 Å². The van der Waals surface area contributed by atoms with Crippen molar-refractivity contribution >= 4 is 0 Å². The minimum Gasteiger partial charge on any atom is -0.389 e. The number of piperidine rings is 1. The van der Waals surface area contributed by atoms with Crippen LogP contribution in [0.2, 0.25) is 0 Å². The molecule has 0 aromatic heterocycles. The van der Waals surface area contributed by atoms with E-state index >= 15 is 0 Å². The molecule has 2 N–H and O–H groups in total. The molecule has 0 aromatic rings. The van der Waals surface area contributed by atoms with Crippen molar-refractivity contribution in [1.82, 2.24) is 5.32 Å². The minimum atomic E-state index is -2.65. The number of hydrogen-bond donors (Lipinski definition) is 2. The zero-order chi connectivity index (χ0) is 9.64. The summed E-state index contributed by atoms with van der Waals surface area (Å²) < 4.78 is 37.9. The Balaban J connectivity index is 2.16. The maximum Gasteiger partial charge on any atom is 0.245 e. The van der Waals surface area contributed by atoms with E-state index in [4.69, 9.17) is 0 Å². The number of halogens is 3. The second kappa shape index (κ2) is 2.85. The van der Waals surface area contributed by atoms with E-state index < -0.39 is 30.2 Å². The number of aliphatic hydroxyl groups excluding tert-OH is 1. The largest absolute Gasteiger partial charge is 0.389 e. The molecule has 1 spiro atoms. The lowest BCUT2D eigenvalue weighted by Gasteiger charge is -2.38. The van der Waals surface area contributed by atoms with E-state index in [9.17, 15) is 18.3 Å².